The summed E-state index contributed by atoms with van der Waals surface area (Å²) in [6.07, 6.45) is 2.75. The highest BCUT2D eigenvalue weighted by molar-refractivity contribution is 7.92. The molecule has 2 aromatic rings. The number of sulfonamides is 1. The molecule has 0 aliphatic carbocycles. The number of benzene rings is 2. The minimum atomic E-state index is -3.42. The summed E-state index contributed by atoms with van der Waals surface area (Å²) in [6.45, 7) is 6.57. The number of amides is 1. The fraction of sp³-hybridized carbons (Fsp3) is 0.435. The molecule has 0 fully saturated rings. The van der Waals surface area contributed by atoms with Gasteiger partial charge in [0.1, 0.15) is 12.4 Å². The second kappa shape index (κ2) is 11.0. The van der Waals surface area contributed by atoms with Crippen molar-refractivity contribution in [3.05, 3.63) is 59.7 Å². The molecule has 0 heterocycles. The minimum absolute atomic E-state index is 0.121. The van der Waals surface area contributed by atoms with Gasteiger partial charge in [-0.3, -0.25) is 9.10 Å². The molecule has 0 aliphatic rings. The third kappa shape index (κ3) is 7.71. The van der Waals surface area contributed by atoms with Gasteiger partial charge in [0.05, 0.1) is 18.0 Å². The van der Waals surface area contributed by atoms with E-state index in [4.69, 9.17) is 4.74 Å². The SMILES string of the molecule is CCc1ccc(N(CCCC(=O)N[C@@H](C)COc2ccc(C)cc2)S(C)(=O)=O)cc1. The highest BCUT2D eigenvalue weighted by Crippen LogP contribution is 2.19. The van der Waals surface area contributed by atoms with Gasteiger partial charge >= 0.3 is 0 Å². The van der Waals surface area contributed by atoms with E-state index >= 15 is 0 Å². The Bertz CT molecular complexity index is 909. The highest BCUT2D eigenvalue weighted by atomic mass is 32.2. The van der Waals surface area contributed by atoms with Crippen molar-refractivity contribution in [2.45, 2.75) is 46.1 Å². The van der Waals surface area contributed by atoms with Crippen LogP contribution in [-0.4, -0.2) is 39.8 Å². The van der Waals surface area contributed by atoms with Crippen LogP contribution in [0.25, 0.3) is 0 Å². The number of hydrogen-bond acceptors (Lipinski definition) is 4. The van der Waals surface area contributed by atoms with Crippen LogP contribution in [0.1, 0.15) is 37.8 Å². The zero-order valence-corrected chi connectivity index (χ0v) is 19.0. The van der Waals surface area contributed by atoms with E-state index in [0.717, 1.165) is 23.3 Å². The number of aryl methyl sites for hydroxylation is 2. The van der Waals surface area contributed by atoms with Gasteiger partial charge in [0.25, 0.3) is 0 Å². The standard InChI is InChI=1S/C23H32N2O4S/c1-5-20-10-12-21(13-11-20)25(30(4,27)28)16-6-7-23(26)24-19(3)17-29-22-14-8-18(2)9-15-22/h8-15,19H,5-7,16-17H2,1-4H3,(H,24,26)/t19-/m0/s1. The Morgan fingerprint density at radius 3 is 2.30 bits per heavy atom. The monoisotopic (exact) mass is 432 g/mol. The molecular weight excluding hydrogens is 400 g/mol. The zero-order valence-electron chi connectivity index (χ0n) is 18.2. The predicted molar refractivity (Wildman–Crippen MR) is 122 cm³/mol. The molecule has 0 aromatic heterocycles. The summed E-state index contributed by atoms with van der Waals surface area (Å²) in [7, 11) is -3.42. The Morgan fingerprint density at radius 2 is 1.73 bits per heavy atom. The van der Waals surface area contributed by atoms with E-state index in [-0.39, 0.29) is 24.9 Å². The van der Waals surface area contributed by atoms with E-state index in [1.165, 1.54) is 10.6 Å². The van der Waals surface area contributed by atoms with Crippen LogP contribution >= 0.6 is 0 Å². The van der Waals surface area contributed by atoms with Gasteiger partial charge in [-0.15, -0.1) is 0 Å². The van der Waals surface area contributed by atoms with Gasteiger partial charge < -0.3 is 10.1 Å². The van der Waals surface area contributed by atoms with Gasteiger partial charge in [0.15, 0.2) is 0 Å². The molecule has 1 N–H and O–H groups in total. The van der Waals surface area contributed by atoms with Gasteiger partial charge in [-0.25, -0.2) is 8.42 Å². The highest BCUT2D eigenvalue weighted by Gasteiger charge is 2.18. The average Bonchev–Trinajstić information content (AvgIpc) is 2.70. The van der Waals surface area contributed by atoms with Gasteiger partial charge in [-0.2, -0.15) is 0 Å². The molecule has 0 aliphatic heterocycles. The lowest BCUT2D eigenvalue weighted by molar-refractivity contribution is -0.121. The molecule has 0 radical (unpaired) electrons. The molecule has 7 heteroatoms. The first-order valence-electron chi connectivity index (χ1n) is 10.2. The van der Waals surface area contributed by atoms with Crippen molar-refractivity contribution in [1.82, 2.24) is 5.32 Å². The van der Waals surface area contributed by atoms with Crippen molar-refractivity contribution in [1.29, 1.82) is 0 Å². The van der Waals surface area contributed by atoms with Crippen LogP contribution in [0, 0.1) is 6.92 Å². The summed E-state index contributed by atoms with van der Waals surface area (Å²) in [4.78, 5) is 12.2. The van der Waals surface area contributed by atoms with Crippen molar-refractivity contribution >= 4 is 21.6 Å². The van der Waals surface area contributed by atoms with Gasteiger partial charge in [0.2, 0.25) is 15.9 Å². The van der Waals surface area contributed by atoms with Gasteiger partial charge in [0, 0.05) is 13.0 Å². The van der Waals surface area contributed by atoms with Crippen LogP contribution in [0.4, 0.5) is 5.69 Å². The Kier molecular flexibility index (Phi) is 8.72. The Balaban J connectivity index is 1.80. The molecule has 2 aromatic carbocycles. The summed E-state index contributed by atoms with van der Waals surface area (Å²) in [5.74, 6) is 0.643. The quantitative estimate of drug-likeness (QED) is 0.588. The number of hydrogen-bond donors (Lipinski definition) is 1. The molecule has 0 unspecified atom stereocenters. The largest absolute Gasteiger partial charge is 0.491 e. The first kappa shape index (κ1) is 23.7. The van der Waals surface area contributed by atoms with Crippen LogP contribution in [0.15, 0.2) is 48.5 Å². The first-order valence-corrected chi connectivity index (χ1v) is 12.1. The maximum absolute atomic E-state index is 12.2. The van der Waals surface area contributed by atoms with Crippen molar-refractivity contribution in [3.8, 4) is 5.75 Å². The van der Waals surface area contributed by atoms with Crippen molar-refractivity contribution < 1.29 is 17.9 Å². The normalized spacial score (nSPS) is 12.3. The molecule has 1 atom stereocenters. The van der Waals surface area contributed by atoms with Crippen LogP contribution in [0.3, 0.4) is 0 Å². The molecule has 0 saturated carbocycles. The van der Waals surface area contributed by atoms with Crippen molar-refractivity contribution in [2.24, 2.45) is 0 Å². The maximum atomic E-state index is 12.2. The zero-order chi connectivity index (χ0) is 22.1. The van der Waals surface area contributed by atoms with Crippen molar-refractivity contribution in [2.75, 3.05) is 23.7 Å². The smallest absolute Gasteiger partial charge is 0.232 e. The number of ether oxygens (including phenoxy) is 1. The summed E-state index contributed by atoms with van der Waals surface area (Å²) in [5.41, 5.74) is 2.93. The molecule has 30 heavy (non-hydrogen) atoms. The fourth-order valence-electron chi connectivity index (χ4n) is 3.01. The van der Waals surface area contributed by atoms with E-state index in [2.05, 4.69) is 12.2 Å². The molecule has 0 spiro atoms. The molecule has 6 nitrogen and oxygen atoms in total. The third-order valence-electron chi connectivity index (χ3n) is 4.73. The van der Waals surface area contributed by atoms with E-state index in [1.54, 1.807) is 0 Å². The van der Waals surface area contributed by atoms with E-state index < -0.39 is 10.0 Å². The first-order chi connectivity index (χ1) is 14.2. The lowest BCUT2D eigenvalue weighted by Gasteiger charge is -2.23. The van der Waals surface area contributed by atoms with Crippen LogP contribution in [0.5, 0.6) is 5.75 Å². The Hall–Kier alpha value is -2.54. The number of rotatable bonds is 11. The lowest BCUT2D eigenvalue weighted by atomic mass is 10.1. The van der Waals surface area contributed by atoms with Gasteiger partial charge in [-0.1, -0.05) is 36.8 Å². The molecule has 164 valence electrons. The number of anilines is 1. The number of nitrogens with one attached hydrogen (secondary N) is 1. The topological polar surface area (TPSA) is 75.7 Å². The average molecular weight is 433 g/mol. The van der Waals surface area contributed by atoms with Crippen molar-refractivity contribution in [3.63, 3.8) is 0 Å². The number of carbonyl (C=O) groups is 1. The van der Waals surface area contributed by atoms with Crippen LogP contribution in [0.2, 0.25) is 0 Å². The minimum Gasteiger partial charge on any atom is -0.491 e. The summed E-state index contributed by atoms with van der Waals surface area (Å²) >= 11 is 0. The van der Waals surface area contributed by atoms with E-state index in [9.17, 15) is 13.2 Å². The predicted octanol–water partition coefficient (Wildman–Crippen LogP) is 3.69. The van der Waals surface area contributed by atoms with Gasteiger partial charge in [-0.05, 0) is 56.5 Å². The Labute approximate surface area is 180 Å². The number of carbonyl (C=O) groups excluding carboxylic acids is 1. The molecule has 0 saturated heterocycles. The Morgan fingerprint density at radius 1 is 1.10 bits per heavy atom. The lowest BCUT2D eigenvalue weighted by Crippen LogP contribution is -2.37. The third-order valence-corrected chi connectivity index (χ3v) is 5.92. The summed E-state index contributed by atoms with van der Waals surface area (Å²) in [5, 5.41) is 2.90. The van der Waals surface area contributed by atoms with Crippen LogP contribution < -0.4 is 14.4 Å². The second-order valence-electron chi connectivity index (χ2n) is 7.55. The fourth-order valence-corrected chi connectivity index (χ4v) is 3.98. The summed E-state index contributed by atoms with van der Waals surface area (Å²) in [6, 6.07) is 15.1. The molecule has 1 amide bonds. The second-order valence-corrected chi connectivity index (χ2v) is 9.46. The van der Waals surface area contributed by atoms with Crippen LogP contribution in [-0.2, 0) is 21.2 Å². The summed E-state index contributed by atoms with van der Waals surface area (Å²) < 4.78 is 31.4. The molecule has 0 bridgehead atoms. The van der Waals surface area contributed by atoms with E-state index in [1.807, 2.05) is 62.4 Å². The molecule has 2 rings (SSSR count). The molecular formula is C23H32N2O4S. The number of nitrogens with zero attached hydrogens (tertiary/aromatic N) is 1. The maximum Gasteiger partial charge on any atom is 0.232 e. The van der Waals surface area contributed by atoms with E-state index in [0.29, 0.717) is 18.7 Å².